The smallest absolute Gasteiger partial charge is 0.125 e. The van der Waals surface area contributed by atoms with Gasteiger partial charge in [0.1, 0.15) is 5.82 Å². The molecule has 1 fully saturated rings. The molecule has 0 aliphatic carbocycles. The van der Waals surface area contributed by atoms with Crippen LogP contribution in [0.2, 0.25) is 0 Å². The third-order valence-corrected chi connectivity index (χ3v) is 4.44. The second-order valence-electron chi connectivity index (χ2n) is 4.16. The SMILES string of the molecule is Cc1ncc(C2(CN)CCCSC2)cn1. The van der Waals surface area contributed by atoms with E-state index in [-0.39, 0.29) is 5.41 Å². The molecule has 0 amide bonds. The Morgan fingerprint density at radius 3 is 2.73 bits per heavy atom. The van der Waals surface area contributed by atoms with E-state index in [9.17, 15) is 0 Å². The minimum atomic E-state index is 0.122. The minimum Gasteiger partial charge on any atom is -0.330 e. The maximum Gasteiger partial charge on any atom is 0.125 e. The summed E-state index contributed by atoms with van der Waals surface area (Å²) in [5, 5.41) is 0. The maximum absolute atomic E-state index is 5.94. The second kappa shape index (κ2) is 4.49. The summed E-state index contributed by atoms with van der Waals surface area (Å²) < 4.78 is 0. The van der Waals surface area contributed by atoms with Crippen molar-refractivity contribution < 1.29 is 0 Å². The Kier molecular flexibility index (Phi) is 3.26. The second-order valence-corrected chi connectivity index (χ2v) is 5.26. The van der Waals surface area contributed by atoms with Gasteiger partial charge in [-0.05, 0) is 31.1 Å². The molecule has 0 bridgehead atoms. The topological polar surface area (TPSA) is 51.8 Å². The van der Waals surface area contributed by atoms with Crippen LogP contribution in [-0.2, 0) is 5.41 Å². The molecule has 3 nitrogen and oxygen atoms in total. The van der Waals surface area contributed by atoms with Crippen LogP contribution in [0.4, 0.5) is 0 Å². The predicted octanol–water partition coefficient (Wildman–Crippen LogP) is 1.51. The lowest BCUT2D eigenvalue weighted by Crippen LogP contribution is -2.40. The molecule has 2 heterocycles. The van der Waals surface area contributed by atoms with Crippen LogP contribution in [0.3, 0.4) is 0 Å². The van der Waals surface area contributed by atoms with Crippen molar-refractivity contribution in [2.45, 2.75) is 25.2 Å². The standard InChI is InChI=1S/C11H17N3S/c1-9-13-5-10(6-14-9)11(7-12)3-2-4-15-8-11/h5-6H,2-4,7-8,12H2,1H3. The molecule has 1 atom stereocenters. The van der Waals surface area contributed by atoms with Crippen molar-refractivity contribution in [3.8, 4) is 0 Å². The van der Waals surface area contributed by atoms with E-state index < -0.39 is 0 Å². The average Bonchev–Trinajstić information content (AvgIpc) is 2.31. The molecule has 1 aromatic rings. The van der Waals surface area contributed by atoms with Crippen molar-refractivity contribution in [3.05, 3.63) is 23.8 Å². The summed E-state index contributed by atoms with van der Waals surface area (Å²) in [4.78, 5) is 8.54. The zero-order chi connectivity index (χ0) is 10.7. The van der Waals surface area contributed by atoms with Crippen molar-refractivity contribution in [1.82, 2.24) is 9.97 Å². The van der Waals surface area contributed by atoms with Crippen molar-refractivity contribution in [2.24, 2.45) is 5.73 Å². The first-order valence-electron chi connectivity index (χ1n) is 5.34. The fourth-order valence-corrected chi connectivity index (χ4v) is 3.34. The summed E-state index contributed by atoms with van der Waals surface area (Å²) in [7, 11) is 0. The molecular formula is C11H17N3S. The number of nitrogens with zero attached hydrogens (tertiary/aromatic N) is 2. The van der Waals surface area contributed by atoms with Gasteiger partial charge < -0.3 is 5.73 Å². The molecule has 0 radical (unpaired) electrons. The molecule has 1 unspecified atom stereocenters. The Balaban J connectivity index is 2.28. The van der Waals surface area contributed by atoms with Crippen LogP contribution >= 0.6 is 11.8 Å². The molecular weight excluding hydrogens is 206 g/mol. The van der Waals surface area contributed by atoms with Crippen LogP contribution in [0.5, 0.6) is 0 Å². The molecule has 1 aromatic heterocycles. The third-order valence-electron chi connectivity index (χ3n) is 3.11. The number of thioether (sulfide) groups is 1. The fourth-order valence-electron chi connectivity index (χ4n) is 2.03. The fraction of sp³-hybridized carbons (Fsp3) is 0.636. The minimum absolute atomic E-state index is 0.122. The molecule has 15 heavy (non-hydrogen) atoms. The van der Waals surface area contributed by atoms with E-state index in [1.807, 2.05) is 31.1 Å². The number of aryl methyl sites for hydroxylation is 1. The van der Waals surface area contributed by atoms with E-state index in [1.165, 1.54) is 24.2 Å². The van der Waals surface area contributed by atoms with Crippen LogP contribution in [0.1, 0.15) is 24.2 Å². The van der Waals surface area contributed by atoms with Gasteiger partial charge in [-0.15, -0.1) is 0 Å². The third kappa shape index (κ3) is 2.16. The van der Waals surface area contributed by atoms with E-state index in [4.69, 9.17) is 5.73 Å². The lowest BCUT2D eigenvalue weighted by molar-refractivity contribution is 0.436. The summed E-state index contributed by atoms with van der Waals surface area (Å²) in [6.45, 7) is 2.61. The predicted molar refractivity (Wildman–Crippen MR) is 64.1 cm³/mol. The maximum atomic E-state index is 5.94. The summed E-state index contributed by atoms with van der Waals surface area (Å²) in [5.74, 6) is 3.19. The monoisotopic (exact) mass is 223 g/mol. The highest BCUT2D eigenvalue weighted by Crippen LogP contribution is 2.36. The van der Waals surface area contributed by atoms with Crippen LogP contribution in [0.15, 0.2) is 12.4 Å². The Morgan fingerprint density at radius 1 is 1.47 bits per heavy atom. The van der Waals surface area contributed by atoms with E-state index in [2.05, 4.69) is 9.97 Å². The highest BCUT2D eigenvalue weighted by atomic mass is 32.2. The van der Waals surface area contributed by atoms with Gasteiger partial charge in [0.05, 0.1) is 0 Å². The Labute approximate surface area is 94.9 Å². The van der Waals surface area contributed by atoms with Gasteiger partial charge in [0.2, 0.25) is 0 Å². The molecule has 1 saturated heterocycles. The van der Waals surface area contributed by atoms with Gasteiger partial charge in [-0.25, -0.2) is 9.97 Å². The molecule has 4 heteroatoms. The van der Waals surface area contributed by atoms with E-state index >= 15 is 0 Å². The number of aromatic nitrogens is 2. The molecule has 82 valence electrons. The average molecular weight is 223 g/mol. The molecule has 2 rings (SSSR count). The summed E-state index contributed by atoms with van der Waals surface area (Å²) in [5.41, 5.74) is 7.27. The Morgan fingerprint density at radius 2 is 2.20 bits per heavy atom. The zero-order valence-electron chi connectivity index (χ0n) is 9.07. The Hall–Kier alpha value is -0.610. The number of rotatable bonds is 2. The van der Waals surface area contributed by atoms with Gasteiger partial charge in [-0.3, -0.25) is 0 Å². The van der Waals surface area contributed by atoms with Crippen molar-refractivity contribution in [2.75, 3.05) is 18.1 Å². The molecule has 0 saturated carbocycles. The molecule has 1 aliphatic rings. The number of hydrogen-bond acceptors (Lipinski definition) is 4. The zero-order valence-corrected chi connectivity index (χ0v) is 9.89. The quantitative estimate of drug-likeness (QED) is 0.825. The molecule has 0 spiro atoms. The summed E-state index contributed by atoms with van der Waals surface area (Å²) in [6, 6.07) is 0. The van der Waals surface area contributed by atoms with Crippen molar-refractivity contribution >= 4 is 11.8 Å². The van der Waals surface area contributed by atoms with E-state index in [0.29, 0.717) is 6.54 Å². The van der Waals surface area contributed by atoms with Crippen LogP contribution < -0.4 is 5.73 Å². The molecule has 1 aliphatic heterocycles. The van der Waals surface area contributed by atoms with Gasteiger partial charge >= 0.3 is 0 Å². The summed E-state index contributed by atoms with van der Waals surface area (Å²) in [6.07, 6.45) is 6.31. The number of hydrogen-bond donors (Lipinski definition) is 1. The van der Waals surface area contributed by atoms with Crippen LogP contribution in [0.25, 0.3) is 0 Å². The van der Waals surface area contributed by atoms with E-state index in [0.717, 1.165) is 11.6 Å². The first-order valence-corrected chi connectivity index (χ1v) is 6.49. The van der Waals surface area contributed by atoms with Gasteiger partial charge in [0, 0.05) is 30.1 Å². The van der Waals surface area contributed by atoms with Gasteiger partial charge in [0.15, 0.2) is 0 Å². The largest absolute Gasteiger partial charge is 0.330 e. The highest BCUT2D eigenvalue weighted by Gasteiger charge is 2.33. The Bertz CT molecular complexity index is 317. The van der Waals surface area contributed by atoms with Crippen molar-refractivity contribution in [1.29, 1.82) is 0 Å². The molecule has 0 aromatic carbocycles. The summed E-state index contributed by atoms with van der Waals surface area (Å²) >= 11 is 1.99. The van der Waals surface area contributed by atoms with Gasteiger partial charge in [-0.1, -0.05) is 0 Å². The number of nitrogens with two attached hydrogens (primary N) is 1. The normalized spacial score (nSPS) is 26.5. The van der Waals surface area contributed by atoms with Crippen LogP contribution in [0, 0.1) is 6.92 Å². The first kappa shape index (κ1) is 10.9. The first-order chi connectivity index (χ1) is 7.27. The van der Waals surface area contributed by atoms with Crippen molar-refractivity contribution in [3.63, 3.8) is 0 Å². The molecule has 2 N–H and O–H groups in total. The highest BCUT2D eigenvalue weighted by molar-refractivity contribution is 7.99. The lowest BCUT2D eigenvalue weighted by Gasteiger charge is -2.35. The lowest BCUT2D eigenvalue weighted by atomic mass is 9.79. The van der Waals surface area contributed by atoms with Gasteiger partial charge in [0.25, 0.3) is 0 Å². The van der Waals surface area contributed by atoms with Gasteiger partial charge in [-0.2, -0.15) is 11.8 Å². The van der Waals surface area contributed by atoms with E-state index in [1.54, 1.807) is 0 Å². The van der Waals surface area contributed by atoms with Crippen LogP contribution in [-0.4, -0.2) is 28.0 Å².